The molecule has 0 saturated heterocycles. The van der Waals surface area contributed by atoms with Gasteiger partial charge >= 0.3 is 6.03 Å². The minimum absolute atomic E-state index is 0.0458. The predicted octanol–water partition coefficient (Wildman–Crippen LogP) is 3.47. The van der Waals surface area contributed by atoms with E-state index in [0.29, 0.717) is 13.2 Å². The zero-order valence-corrected chi connectivity index (χ0v) is 14.7. The van der Waals surface area contributed by atoms with Crippen LogP contribution in [-0.2, 0) is 17.9 Å². The van der Waals surface area contributed by atoms with Crippen LogP contribution in [0, 0.1) is 0 Å². The van der Waals surface area contributed by atoms with Gasteiger partial charge in [0, 0.05) is 23.6 Å². The van der Waals surface area contributed by atoms with E-state index < -0.39 is 0 Å². The molecule has 3 aliphatic rings. The van der Waals surface area contributed by atoms with Gasteiger partial charge in [-0.05, 0) is 49.2 Å². The normalized spacial score (nSPS) is 20.2. The summed E-state index contributed by atoms with van der Waals surface area (Å²) in [7, 11) is 0. The van der Waals surface area contributed by atoms with Crippen molar-refractivity contribution in [2.45, 2.75) is 39.0 Å². The summed E-state index contributed by atoms with van der Waals surface area (Å²) in [5.74, 6) is 1.66. The molecule has 3 heterocycles. The van der Waals surface area contributed by atoms with Gasteiger partial charge in [-0.1, -0.05) is 6.07 Å². The number of nitrogens with one attached hydrogen (secondary N) is 1. The van der Waals surface area contributed by atoms with Crippen molar-refractivity contribution in [3.05, 3.63) is 52.6 Å². The number of hydrogen-bond donors (Lipinski definition) is 1. The standard InChI is InChI=1S/C20H20N2O4/c1-11(2)22-16-8-14-10-25-26-18(14)9-15(16)19(21-20(22)23)13-3-4-17-12(7-13)5-6-24-17/h3-4,7-9,11,19H,5-6,10H2,1-2H3,(H,21,23). The highest BCUT2D eigenvalue weighted by atomic mass is 17.2. The van der Waals surface area contributed by atoms with Gasteiger partial charge in [0.05, 0.1) is 18.3 Å². The summed E-state index contributed by atoms with van der Waals surface area (Å²) in [4.78, 5) is 25.0. The second-order valence-corrected chi connectivity index (χ2v) is 7.18. The van der Waals surface area contributed by atoms with E-state index in [0.717, 1.165) is 40.3 Å². The Labute approximate surface area is 151 Å². The number of benzene rings is 2. The van der Waals surface area contributed by atoms with E-state index in [4.69, 9.17) is 14.5 Å². The number of ether oxygens (including phenoxy) is 1. The van der Waals surface area contributed by atoms with Crippen molar-refractivity contribution in [1.29, 1.82) is 0 Å². The molecule has 0 saturated carbocycles. The summed E-state index contributed by atoms with van der Waals surface area (Å²) in [6.07, 6.45) is 0.899. The smallest absolute Gasteiger partial charge is 0.322 e. The first-order chi connectivity index (χ1) is 12.6. The maximum Gasteiger partial charge on any atom is 0.322 e. The van der Waals surface area contributed by atoms with Crippen molar-refractivity contribution in [3.8, 4) is 11.5 Å². The molecule has 0 bridgehead atoms. The SMILES string of the molecule is CC(C)N1C(=O)NC(c2ccc3c(c2)CCO3)c2cc3c(cc21)COO3. The number of carbonyl (C=O) groups excluding carboxylic acids is 1. The van der Waals surface area contributed by atoms with Gasteiger partial charge in [-0.2, -0.15) is 4.89 Å². The lowest BCUT2D eigenvalue weighted by atomic mass is 9.91. The van der Waals surface area contributed by atoms with Crippen LogP contribution >= 0.6 is 0 Å². The van der Waals surface area contributed by atoms with Crippen molar-refractivity contribution >= 4 is 11.7 Å². The van der Waals surface area contributed by atoms with Crippen LogP contribution in [-0.4, -0.2) is 18.7 Å². The summed E-state index contributed by atoms with van der Waals surface area (Å²) >= 11 is 0. The highest BCUT2D eigenvalue weighted by Gasteiger charge is 2.35. The van der Waals surface area contributed by atoms with Gasteiger partial charge < -0.3 is 14.9 Å². The number of hydrogen-bond acceptors (Lipinski definition) is 4. The second-order valence-electron chi connectivity index (χ2n) is 7.18. The molecule has 1 unspecified atom stereocenters. The third-order valence-corrected chi connectivity index (χ3v) is 5.19. The van der Waals surface area contributed by atoms with Crippen LogP contribution in [0.4, 0.5) is 10.5 Å². The van der Waals surface area contributed by atoms with Crippen LogP contribution in [0.2, 0.25) is 0 Å². The molecule has 6 heteroatoms. The van der Waals surface area contributed by atoms with E-state index in [2.05, 4.69) is 11.4 Å². The Morgan fingerprint density at radius 1 is 1.15 bits per heavy atom. The number of carbonyl (C=O) groups is 1. The molecular formula is C20H20N2O4. The average Bonchev–Trinajstić information content (AvgIpc) is 3.26. The summed E-state index contributed by atoms with van der Waals surface area (Å²) in [5, 5.41) is 3.15. The zero-order chi connectivity index (χ0) is 17.8. The average molecular weight is 352 g/mol. The maximum absolute atomic E-state index is 12.8. The number of anilines is 1. The predicted molar refractivity (Wildman–Crippen MR) is 95.5 cm³/mol. The number of rotatable bonds is 2. The van der Waals surface area contributed by atoms with Crippen LogP contribution < -0.4 is 19.8 Å². The van der Waals surface area contributed by atoms with Crippen molar-refractivity contribution < 1.29 is 19.3 Å². The fourth-order valence-electron chi connectivity index (χ4n) is 3.96. The molecule has 6 nitrogen and oxygen atoms in total. The molecule has 1 atom stereocenters. The molecule has 134 valence electrons. The van der Waals surface area contributed by atoms with E-state index in [-0.39, 0.29) is 18.1 Å². The lowest BCUT2D eigenvalue weighted by Gasteiger charge is -2.37. The molecule has 0 spiro atoms. The molecule has 2 amide bonds. The topological polar surface area (TPSA) is 60.0 Å². The van der Waals surface area contributed by atoms with Crippen LogP contribution in [0.3, 0.4) is 0 Å². The summed E-state index contributed by atoms with van der Waals surface area (Å²) < 4.78 is 5.61. The van der Waals surface area contributed by atoms with Gasteiger partial charge in [0.1, 0.15) is 12.4 Å². The van der Waals surface area contributed by atoms with Gasteiger partial charge in [0.15, 0.2) is 5.75 Å². The molecule has 1 N–H and O–H groups in total. The number of nitrogens with zero attached hydrogens (tertiary/aromatic N) is 1. The fourth-order valence-corrected chi connectivity index (χ4v) is 3.96. The van der Waals surface area contributed by atoms with Crippen LogP contribution in [0.5, 0.6) is 11.5 Å². The van der Waals surface area contributed by atoms with Crippen molar-refractivity contribution in [2.24, 2.45) is 0 Å². The molecule has 3 aliphatic heterocycles. The molecule has 26 heavy (non-hydrogen) atoms. The Bertz CT molecular complexity index is 909. The second kappa shape index (κ2) is 5.64. The summed E-state index contributed by atoms with van der Waals surface area (Å²) in [6, 6.07) is 9.87. The minimum atomic E-state index is -0.229. The largest absolute Gasteiger partial charge is 0.493 e. The van der Waals surface area contributed by atoms with Gasteiger partial charge in [-0.15, -0.1) is 0 Å². The molecule has 2 aromatic carbocycles. The molecule has 0 radical (unpaired) electrons. The maximum atomic E-state index is 12.8. The van der Waals surface area contributed by atoms with Gasteiger partial charge in [0.25, 0.3) is 0 Å². The fraction of sp³-hybridized carbons (Fsp3) is 0.350. The lowest BCUT2D eigenvalue weighted by Crippen LogP contribution is -2.50. The molecule has 2 aromatic rings. The number of urea groups is 1. The summed E-state index contributed by atoms with van der Waals surface area (Å²) in [6.45, 7) is 5.14. The van der Waals surface area contributed by atoms with Crippen molar-refractivity contribution in [1.82, 2.24) is 5.32 Å². The third-order valence-electron chi connectivity index (χ3n) is 5.19. The van der Waals surface area contributed by atoms with Crippen molar-refractivity contribution in [3.63, 3.8) is 0 Å². The van der Waals surface area contributed by atoms with E-state index in [9.17, 15) is 4.79 Å². The van der Waals surface area contributed by atoms with Crippen LogP contribution in [0.1, 0.15) is 42.1 Å². The highest BCUT2D eigenvalue weighted by Crippen LogP contribution is 2.42. The zero-order valence-electron chi connectivity index (χ0n) is 14.7. The molecular weight excluding hydrogens is 332 g/mol. The van der Waals surface area contributed by atoms with E-state index in [1.807, 2.05) is 38.1 Å². The van der Waals surface area contributed by atoms with Crippen LogP contribution in [0.15, 0.2) is 30.3 Å². The van der Waals surface area contributed by atoms with Crippen LogP contribution in [0.25, 0.3) is 0 Å². The first-order valence-corrected chi connectivity index (χ1v) is 8.93. The Balaban J connectivity index is 1.66. The molecule has 0 aliphatic carbocycles. The first-order valence-electron chi connectivity index (χ1n) is 8.93. The van der Waals surface area contributed by atoms with Gasteiger partial charge in [0.2, 0.25) is 0 Å². The molecule has 0 aromatic heterocycles. The number of fused-ring (bicyclic) bond motifs is 3. The molecule has 0 fully saturated rings. The lowest BCUT2D eigenvalue weighted by molar-refractivity contribution is -0.194. The molecule has 5 rings (SSSR count). The third kappa shape index (κ3) is 2.25. The Hall–Kier alpha value is -2.73. The van der Waals surface area contributed by atoms with E-state index in [1.54, 1.807) is 4.90 Å². The quantitative estimate of drug-likeness (QED) is 0.841. The van der Waals surface area contributed by atoms with Crippen molar-refractivity contribution in [2.75, 3.05) is 11.5 Å². The minimum Gasteiger partial charge on any atom is -0.493 e. The Morgan fingerprint density at radius 2 is 2.04 bits per heavy atom. The Morgan fingerprint density at radius 3 is 2.88 bits per heavy atom. The first kappa shape index (κ1) is 15.5. The van der Waals surface area contributed by atoms with E-state index in [1.165, 1.54) is 5.56 Å². The van der Waals surface area contributed by atoms with E-state index >= 15 is 0 Å². The van der Waals surface area contributed by atoms with Gasteiger partial charge in [-0.3, -0.25) is 4.90 Å². The summed E-state index contributed by atoms with van der Waals surface area (Å²) in [5.41, 5.74) is 5.13. The monoisotopic (exact) mass is 352 g/mol. The Kier molecular flexibility index (Phi) is 3.37. The van der Waals surface area contributed by atoms with Gasteiger partial charge in [-0.25, -0.2) is 4.79 Å². The number of amides is 2. The highest BCUT2D eigenvalue weighted by molar-refractivity contribution is 5.97.